The van der Waals surface area contributed by atoms with Crippen molar-refractivity contribution in [1.82, 2.24) is 25.2 Å². The second-order valence-corrected chi connectivity index (χ2v) is 10.1. The lowest BCUT2D eigenvalue weighted by Crippen LogP contribution is -2.44. The highest BCUT2D eigenvalue weighted by Crippen LogP contribution is 2.28. The molecule has 8 nitrogen and oxygen atoms in total. The molecule has 3 aliphatic rings. The summed E-state index contributed by atoms with van der Waals surface area (Å²) >= 11 is 0. The van der Waals surface area contributed by atoms with Gasteiger partial charge in [0.25, 0.3) is 5.91 Å². The van der Waals surface area contributed by atoms with Crippen LogP contribution in [0.1, 0.15) is 78.4 Å². The van der Waals surface area contributed by atoms with Crippen LogP contribution in [-0.4, -0.2) is 51.3 Å². The molecule has 1 saturated heterocycles. The predicted molar refractivity (Wildman–Crippen MR) is 127 cm³/mol. The lowest BCUT2D eigenvalue weighted by Gasteiger charge is -2.32. The van der Waals surface area contributed by atoms with E-state index in [1.165, 1.54) is 37.7 Å². The first-order valence-corrected chi connectivity index (χ1v) is 12.8. The number of aromatic nitrogens is 3. The summed E-state index contributed by atoms with van der Waals surface area (Å²) in [4.78, 5) is 27.6. The lowest BCUT2D eigenvalue weighted by molar-refractivity contribution is -0.126. The maximum atomic E-state index is 13.2. The van der Waals surface area contributed by atoms with Crippen molar-refractivity contribution in [2.24, 2.45) is 11.8 Å². The van der Waals surface area contributed by atoms with Crippen molar-refractivity contribution in [3.05, 3.63) is 46.8 Å². The van der Waals surface area contributed by atoms with E-state index in [0.717, 1.165) is 17.8 Å². The Balaban J connectivity index is 1.14. The number of benzene rings is 1. The highest BCUT2D eigenvalue weighted by molar-refractivity contribution is 5.93. The van der Waals surface area contributed by atoms with E-state index in [4.69, 9.17) is 4.74 Å². The van der Waals surface area contributed by atoms with Crippen LogP contribution in [0, 0.1) is 18.8 Å². The second kappa shape index (κ2) is 10.3. The largest absolute Gasteiger partial charge is 0.365 e. The molecular formula is C26H35N5O3. The van der Waals surface area contributed by atoms with Gasteiger partial charge in [-0.15, -0.1) is 5.10 Å². The van der Waals surface area contributed by atoms with Gasteiger partial charge in [0, 0.05) is 25.6 Å². The number of likely N-dealkylation sites (tertiary alicyclic amines) is 1. The molecule has 8 heteroatoms. The van der Waals surface area contributed by atoms with Crippen molar-refractivity contribution in [2.45, 2.75) is 71.1 Å². The Hall–Kier alpha value is -2.74. The molecule has 1 aliphatic carbocycles. The molecule has 0 spiro atoms. The molecule has 1 N–H and O–H groups in total. The number of nitrogens with one attached hydrogen (secondary N) is 1. The maximum absolute atomic E-state index is 13.2. The average Bonchev–Trinajstić information content (AvgIpc) is 3.31. The van der Waals surface area contributed by atoms with Crippen LogP contribution in [0.4, 0.5) is 0 Å². The number of amides is 2. The number of fused-ring (bicyclic) bond motifs is 1. The topological polar surface area (TPSA) is 89.4 Å². The van der Waals surface area contributed by atoms with Gasteiger partial charge in [-0.2, -0.15) is 0 Å². The van der Waals surface area contributed by atoms with Crippen LogP contribution >= 0.6 is 0 Å². The summed E-state index contributed by atoms with van der Waals surface area (Å²) in [6, 6.07) is 8.29. The second-order valence-electron chi connectivity index (χ2n) is 10.1. The van der Waals surface area contributed by atoms with E-state index in [1.807, 2.05) is 4.90 Å². The van der Waals surface area contributed by atoms with E-state index in [1.54, 1.807) is 4.68 Å². The quantitative estimate of drug-likeness (QED) is 0.731. The first kappa shape index (κ1) is 23.0. The van der Waals surface area contributed by atoms with E-state index < -0.39 is 0 Å². The molecule has 1 atom stereocenters. The highest BCUT2D eigenvalue weighted by atomic mass is 16.5. The molecule has 1 saturated carbocycles. The Morgan fingerprint density at radius 1 is 1.06 bits per heavy atom. The highest BCUT2D eigenvalue weighted by Gasteiger charge is 2.33. The molecule has 3 heterocycles. The van der Waals surface area contributed by atoms with Crippen LogP contribution in [0.5, 0.6) is 0 Å². The fraction of sp³-hybridized carbons (Fsp3) is 0.615. The molecule has 1 aromatic carbocycles. The molecule has 2 aromatic rings. The molecule has 2 amide bonds. The molecular weight excluding hydrogens is 430 g/mol. The molecule has 182 valence electrons. The van der Waals surface area contributed by atoms with Crippen LogP contribution in [0.15, 0.2) is 24.3 Å². The van der Waals surface area contributed by atoms with Gasteiger partial charge in [0.15, 0.2) is 5.69 Å². The zero-order valence-corrected chi connectivity index (χ0v) is 20.0. The summed E-state index contributed by atoms with van der Waals surface area (Å²) < 4.78 is 7.87. The van der Waals surface area contributed by atoms with Gasteiger partial charge in [-0.05, 0) is 44.1 Å². The number of nitrogens with zero attached hydrogens (tertiary/aromatic N) is 4. The van der Waals surface area contributed by atoms with Crippen molar-refractivity contribution < 1.29 is 14.3 Å². The fourth-order valence-electron chi connectivity index (χ4n) is 5.44. The van der Waals surface area contributed by atoms with Crippen molar-refractivity contribution >= 4 is 11.8 Å². The van der Waals surface area contributed by atoms with Gasteiger partial charge in [0.2, 0.25) is 5.91 Å². The van der Waals surface area contributed by atoms with Gasteiger partial charge in [0.1, 0.15) is 6.10 Å². The van der Waals surface area contributed by atoms with Crippen molar-refractivity contribution in [3.8, 4) is 0 Å². The van der Waals surface area contributed by atoms with Gasteiger partial charge in [-0.25, -0.2) is 4.68 Å². The van der Waals surface area contributed by atoms with Crippen molar-refractivity contribution in [3.63, 3.8) is 0 Å². The van der Waals surface area contributed by atoms with Gasteiger partial charge in [-0.3, -0.25) is 9.59 Å². The average molecular weight is 466 g/mol. The summed E-state index contributed by atoms with van der Waals surface area (Å²) in [7, 11) is 0. The number of hydrogen-bond donors (Lipinski definition) is 1. The molecule has 34 heavy (non-hydrogen) atoms. The standard InChI is InChI=1S/C26H35N5O3/c1-18-7-9-20(10-8-18)23-16-31-22(17-34-23)24(28-29-31)26(33)30-13-11-21(12-14-30)25(32)27-15-19-5-3-2-4-6-19/h7-10,19,21,23H,2-6,11-17H2,1H3,(H,27,32)/t23-/m1/s1. The van der Waals surface area contributed by atoms with E-state index >= 15 is 0 Å². The Labute approximate surface area is 201 Å². The first-order valence-electron chi connectivity index (χ1n) is 12.8. The molecule has 2 fully saturated rings. The van der Waals surface area contributed by atoms with E-state index in [0.29, 0.717) is 50.7 Å². The maximum Gasteiger partial charge on any atom is 0.276 e. The fourth-order valence-corrected chi connectivity index (χ4v) is 5.44. The minimum Gasteiger partial charge on any atom is -0.365 e. The zero-order chi connectivity index (χ0) is 23.5. The van der Waals surface area contributed by atoms with Crippen LogP contribution in [0.25, 0.3) is 0 Å². The normalized spacial score (nSPS) is 21.8. The number of carbonyl (C=O) groups is 2. The van der Waals surface area contributed by atoms with Crippen LogP contribution in [-0.2, 0) is 22.7 Å². The van der Waals surface area contributed by atoms with Gasteiger partial charge < -0.3 is 15.0 Å². The number of ether oxygens (including phenoxy) is 1. The van der Waals surface area contributed by atoms with Gasteiger partial charge in [-0.1, -0.05) is 54.3 Å². The summed E-state index contributed by atoms with van der Waals surface area (Å²) in [6.45, 7) is 4.85. The number of piperidine rings is 1. The summed E-state index contributed by atoms with van der Waals surface area (Å²) in [5.74, 6) is 0.654. The number of hydrogen-bond acceptors (Lipinski definition) is 5. The number of rotatable bonds is 5. The van der Waals surface area contributed by atoms with E-state index in [9.17, 15) is 9.59 Å². The Morgan fingerprint density at radius 3 is 2.53 bits per heavy atom. The Bertz CT molecular complexity index is 1000. The summed E-state index contributed by atoms with van der Waals surface area (Å²) in [5, 5.41) is 11.6. The van der Waals surface area contributed by atoms with Crippen molar-refractivity contribution in [2.75, 3.05) is 19.6 Å². The minimum atomic E-state index is -0.111. The number of aryl methyl sites for hydroxylation is 1. The van der Waals surface area contributed by atoms with Crippen LogP contribution in [0.3, 0.4) is 0 Å². The molecule has 0 unspecified atom stereocenters. The third-order valence-electron chi connectivity index (χ3n) is 7.69. The molecule has 0 radical (unpaired) electrons. The number of carbonyl (C=O) groups excluding carboxylic acids is 2. The summed E-state index contributed by atoms with van der Waals surface area (Å²) in [5.41, 5.74) is 3.42. The van der Waals surface area contributed by atoms with Gasteiger partial charge >= 0.3 is 0 Å². The first-order chi connectivity index (χ1) is 16.6. The third kappa shape index (κ3) is 5.02. The van der Waals surface area contributed by atoms with E-state index in [2.05, 4.69) is 46.8 Å². The van der Waals surface area contributed by atoms with E-state index in [-0.39, 0.29) is 23.8 Å². The third-order valence-corrected chi connectivity index (χ3v) is 7.69. The molecule has 5 rings (SSSR count). The lowest BCUT2D eigenvalue weighted by atomic mass is 9.89. The smallest absolute Gasteiger partial charge is 0.276 e. The molecule has 0 bridgehead atoms. The SMILES string of the molecule is Cc1ccc([C@H]2Cn3nnc(C(=O)N4CCC(C(=O)NCC5CCCCC5)CC4)c3CO2)cc1. The minimum absolute atomic E-state index is 0.0136. The Morgan fingerprint density at radius 2 is 1.79 bits per heavy atom. The van der Waals surface area contributed by atoms with Gasteiger partial charge in [0.05, 0.1) is 18.8 Å². The molecule has 1 aromatic heterocycles. The van der Waals surface area contributed by atoms with Crippen LogP contribution < -0.4 is 5.32 Å². The predicted octanol–water partition coefficient (Wildman–Crippen LogP) is 3.41. The van der Waals surface area contributed by atoms with Crippen LogP contribution in [0.2, 0.25) is 0 Å². The van der Waals surface area contributed by atoms with Crippen molar-refractivity contribution in [1.29, 1.82) is 0 Å². The zero-order valence-electron chi connectivity index (χ0n) is 20.0. The monoisotopic (exact) mass is 465 g/mol. The Kier molecular flexibility index (Phi) is 6.94. The molecule has 2 aliphatic heterocycles. The summed E-state index contributed by atoms with van der Waals surface area (Å²) in [6.07, 6.45) is 7.63.